The Morgan fingerprint density at radius 2 is 1.84 bits per heavy atom. The molecule has 1 N–H and O–H groups in total. The topological polar surface area (TPSA) is 81.7 Å². The van der Waals surface area contributed by atoms with Gasteiger partial charge in [-0.05, 0) is 43.7 Å². The summed E-state index contributed by atoms with van der Waals surface area (Å²) >= 11 is 1.34. The van der Waals surface area contributed by atoms with Crippen molar-refractivity contribution in [3.05, 3.63) is 64.4 Å². The maximum absolute atomic E-state index is 13.2. The standard InChI is InChI=1S/C23H23NO5S2/c1-14(2)29-19-11-15(9-10-18(19)28-3)17-12-21(25)24-22-20(13-30-23(17)22)31(26,27)16-7-5-4-6-8-16/h4-11,13-14,17H,12H2,1-3H3,(H,24,25)/t17-/m1/s1. The van der Waals surface area contributed by atoms with E-state index in [4.69, 9.17) is 9.47 Å². The molecule has 0 aliphatic carbocycles. The van der Waals surface area contributed by atoms with E-state index in [0.717, 1.165) is 10.4 Å². The van der Waals surface area contributed by atoms with Crippen molar-refractivity contribution >= 4 is 32.8 Å². The fraction of sp³-hybridized carbons (Fsp3) is 0.261. The van der Waals surface area contributed by atoms with Crippen molar-refractivity contribution in [1.29, 1.82) is 0 Å². The second-order valence-electron chi connectivity index (χ2n) is 7.54. The molecule has 1 atom stereocenters. The molecule has 3 aromatic rings. The van der Waals surface area contributed by atoms with Gasteiger partial charge in [-0.15, -0.1) is 11.3 Å². The van der Waals surface area contributed by atoms with Crippen LogP contribution >= 0.6 is 11.3 Å². The van der Waals surface area contributed by atoms with E-state index in [-0.39, 0.29) is 34.1 Å². The lowest BCUT2D eigenvalue weighted by molar-refractivity contribution is -0.116. The SMILES string of the molecule is COc1ccc([C@H]2CC(=O)Nc3c(S(=O)(=O)c4ccccc4)csc32)cc1OC(C)C. The van der Waals surface area contributed by atoms with Crippen LogP contribution in [0.2, 0.25) is 0 Å². The molecular formula is C23H23NO5S2. The summed E-state index contributed by atoms with van der Waals surface area (Å²) in [5, 5.41) is 4.40. The summed E-state index contributed by atoms with van der Waals surface area (Å²) < 4.78 is 37.7. The molecule has 1 aromatic heterocycles. The molecule has 1 aliphatic rings. The van der Waals surface area contributed by atoms with Crippen LogP contribution in [-0.4, -0.2) is 27.5 Å². The number of carbonyl (C=O) groups is 1. The van der Waals surface area contributed by atoms with E-state index in [2.05, 4.69) is 5.32 Å². The third kappa shape index (κ3) is 4.05. The van der Waals surface area contributed by atoms with Crippen molar-refractivity contribution in [3.63, 3.8) is 0 Å². The predicted octanol–water partition coefficient (Wildman–Crippen LogP) is 4.85. The fourth-order valence-electron chi connectivity index (χ4n) is 3.65. The first-order chi connectivity index (χ1) is 14.8. The maximum Gasteiger partial charge on any atom is 0.225 e. The average molecular weight is 458 g/mol. The molecule has 2 heterocycles. The van der Waals surface area contributed by atoms with E-state index in [1.807, 2.05) is 32.0 Å². The Morgan fingerprint density at radius 3 is 2.52 bits per heavy atom. The summed E-state index contributed by atoms with van der Waals surface area (Å²) in [7, 11) is -2.17. The number of benzene rings is 2. The Balaban J connectivity index is 1.79. The van der Waals surface area contributed by atoms with E-state index in [0.29, 0.717) is 17.2 Å². The molecule has 0 saturated heterocycles. The normalized spacial score (nSPS) is 16.0. The van der Waals surface area contributed by atoms with Crippen LogP contribution in [0.25, 0.3) is 0 Å². The number of hydrogen-bond acceptors (Lipinski definition) is 6. The minimum absolute atomic E-state index is 0.0429. The zero-order valence-electron chi connectivity index (χ0n) is 17.4. The van der Waals surface area contributed by atoms with Gasteiger partial charge in [-0.25, -0.2) is 8.42 Å². The number of amides is 1. The molecular weight excluding hydrogens is 434 g/mol. The highest BCUT2D eigenvalue weighted by molar-refractivity contribution is 7.91. The predicted molar refractivity (Wildman–Crippen MR) is 120 cm³/mol. The second kappa shape index (κ2) is 8.36. The van der Waals surface area contributed by atoms with Crippen molar-refractivity contribution in [1.82, 2.24) is 0 Å². The summed E-state index contributed by atoms with van der Waals surface area (Å²) in [5.74, 6) is 0.712. The van der Waals surface area contributed by atoms with E-state index in [9.17, 15) is 13.2 Å². The van der Waals surface area contributed by atoms with Crippen LogP contribution in [0.1, 0.15) is 36.6 Å². The van der Waals surface area contributed by atoms with Crippen LogP contribution in [0, 0.1) is 0 Å². The van der Waals surface area contributed by atoms with Gasteiger partial charge in [-0.3, -0.25) is 4.79 Å². The lowest BCUT2D eigenvalue weighted by Crippen LogP contribution is -2.23. The summed E-state index contributed by atoms with van der Waals surface area (Å²) in [6.07, 6.45) is 0.185. The first-order valence-electron chi connectivity index (χ1n) is 9.87. The van der Waals surface area contributed by atoms with Gasteiger partial charge < -0.3 is 14.8 Å². The molecule has 31 heavy (non-hydrogen) atoms. The highest BCUT2D eigenvalue weighted by Gasteiger charge is 2.34. The van der Waals surface area contributed by atoms with Gasteiger partial charge in [0.1, 0.15) is 4.90 Å². The molecule has 1 amide bonds. The second-order valence-corrected chi connectivity index (χ2v) is 10.4. The number of carbonyl (C=O) groups excluding carboxylic acids is 1. The van der Waals surface area contributed by atoms with E-state index in [1.54, 1.807) is 42.8 Å². The van der Waals surface area contributed by atoms with Crippen LogP contribution in [0.4, 0.5) is 5.69 Å². The summed E-state index contributed by atoms with van der Waals surface area (Å²) in [6.45, 7) is 3.86. The van der Waals surface area contributed by atoms with Crippen molar-refractivity contribution in [3.8, 4) is 11.5 Å². The zero-order valence-corrected chi connectivity index (χ0v) is 19.0. The maximum atomic E-state index is 13.2. The largest absolute Gasteiger partial charge is 0.493 e. The number of methoxy groups -OCH3 is 1. The van der Waals surface area contributed by atoms with Gasteiger partial charge in [0.05, 0.1) is 23.8 Å². The van der Waals surface area contributed by atoms with Crippen molar-refractivity contribution < 1.29 is 22.7 Å². The van der Waals surface area contributed by atoms with Gasteiger partial charge in [-0.1, -0.05) is 24.3 Å². The van der Waals surface area contributed by atoms with Gasteiger partial charge in [0.15, 0.2) is 11.5 Å². The molecule has 0 bridgehead atoms. The number of nitrogens with one attached hydrogen (secondary N) is 1. The fourth-order valence-corrected chi connectivity index (χ4v) is 6.58. The van der Waals surface area contributed by atoms with E-state index in [1.165, 1.54) is 11.3 Å². The molecule has 1 aliphatic heterocycles. The molecule has 162 valence electrons. The van der Waals surface area contributed by atoms with Crippen LogP contribution in [-0.2, 0) is 14.6 Å². The van der Waals surface area contributed by atoms with Crippen molar-refractivity contribution in [2.75, 3.05) is 12.4 Å². The smallest absolute Gasteiger partial charge is 0.225 e. The molecule has 0 fully saturated rings. The monoisotopic (exact) mass is 457 g/mol. The molecule has 8 heteroatoms. The van der Waals surface area contributed by atoms with Crippen LogP contribution < -0.4 is 14.8 Å². The Morgan fingerprint density at radius 1 is 1.10 bits per heavy atom. The molecule has 4 rings (SSSR count). The number of anilines is 1. The minimum Gasteiger partial charge on any atom is -0.493 e. The van der Waals surface area contributed by atoms with Crippen LogP contribution in [0.15, 0.2) is 63.7 Å². The van der Waals surface area contributed by atoms with Crippen LogP contribution in [0.5, 0.6) is 11.5 Å². The zero-order chi connectivity index (χ0) is 22.2. The van der Waals surface area contributed by atoms with Gasteiger partial charge in [0.2, 0.25) is 15.7 Å². The molecule has 0 saturated carbocycles. The van der Waals surface area contributed by atoms with E-state index < -0.39 is 9.84 Å². The Hall–Kier alpha value is -2.84. The Bertz CT molecular complexity index is 1220. The van der Waals surface area contributed by atoms with Gasteiger partial charge >= 0.3 is 0 Å². The number of fused-ring (bicyclic) bond motifs is 1. The first-order valence-corrected chi connectivity index (χ1v) is 12.2. The van der Waals surface area contributed by atoms with E-state index >= 15 is 0 Å². The van der Waals surface area contributed by atoms with Gasteiger partial charge in [-0.2, -0.15) is 0 Å². The van der Waals surface area contributed by atoms with Gasteiger partial charge in [0, 0.05) is 22.6 Å². The Kier molecular flexibility index (Phi) is 5.77. The highest BCUT2D eigenvalue weighted by atomic mass is 32.2. The lowest BCUT2D eigenvalue weighted by atomic mass is 9.90. The quantitative estimate of drug-likeness (QED) is 0.572. The summed E-state index contributed by atoms with van der Waals surface area (Å²) in [4.78, 5) is 13.7. The van der Waals surface area contributed by atoms with Crippen molar-refractivity contribution in [2.24, 2.45) is 0 Å². The van der Waals surface area contributed by atoms with Crippen LogP contribution in [0.3, 0.4) is 0 Å². The third-order valence-corrected chi connectivity index (χ3v) is 8.09. The highest BCUT2D eigenvalue weighted by Crippen LogP contribution is 2.47. The molecule has 0 radical (unpaired) electrons. The van der Waals surface area contributed by atoms with Gasteiger partial charge in [0.25, 0.3) is 0 Å². The molecule has 6 nitrogen and oxygen atoms in total. The number of ether oxygens (including phenoxy) is 2. The lowest BCUT2D eigenvalue weighted by Gasteiger charge is -2.25. The molecule has 0 unspecified atom stereocenters. The minimum atomic E-state index is -3.75. The summed E-state index contributed by atoms with van der Waals surface area (Å²) in [5.41, 5.74) is 1.25. The number of rotatable bonds is 6. The number of sulfone groups is 1. The Labute approximate surface area is 185 Å². The molecule has 0 spiro atoms. The summed E-state index contributed by atoms with van der Waals surface area (Å²) in [6, 6.07) is 13.8. The first kappa shape index (κ1) is 21.4. The number of hydrogen-bond donors (Lipinski definition) is 1. The molecule has 2 aromatic carbocycles. The third-order valence-electron chi connectivity index (χ3n) is 5.05. The number of thiophene rings is 1. The van der Waals surface area contributed by atoms with Crippen molar-refractivity contribution in [2.45, 2.75) is 42.1 Å². The average Bonchev–Trinajstić information content (AvgIpc) is 3.18.